The Bertz CT molecular complexity index is 848. The Morgan fingerprint density at radius 3 is 2.76 bits per heavy atom. The summed E-state index contributed by atoms with van der Waals surface area (Å²) in [6.45, 7) is 4.77. The summed E-state index contributed by atoms with van der Waals surface area (Å²) in [5, 5.41) is 1.03. The van der Waals surface area contributed by atoms with E-state index in [2.05, 4.69) is 31.0 Å². The lowest BCUT2D eigenvalue weighted by Gasteiger charge is -2.15. The second-order valence-corrected chi connectivity index (χ2v) is 6.30. The minimum atomic E-state index is 0.145. The molecule has 0 bridgehead atoms. The molecule has 4 nitrogen and oxygen atoms in total. The number of aromatic nitrogens is 1. The number of pyridine rings is 1. The van der Waals surface area contributed by atoms with Crippen LogP contribution >= 0.6 is 0 Å². The first-order valence-electron chi connectivity index (χ1n) is 8.63. The predicted molar refractivity (Wildman–Crippen MR) is 102 cm³/mol. The van der Waals surface area contributed by atoms with Gasteiger partial charge in [0.15, 0.2) is 0 Å². The first-order chi connectivity index (χ1) is 12.1. The summed E-state index contributed by atoms with van der Waals surface area (Å²) in [4.78, 5) is 4.38. The van der Waals surface area contributed by atoms with E-state index in [4.69, 9.17) is 15.2 Å². The number of rotatable bonds is 7. The fourth-order valence-electron chi connectivity index (χ4n) is 2.78. The quantitative estimate of drug-likeness (QED) is 0.632. The van der Waals surface area contributed by atoms with Crippen molar-refractivity contribution in [3.8, 4) is 11.5 Å². The minimum Gasteiger partial charge on any atom is -0.491 e. The Labute approximate surface area is 148 Å². The number of nitrogens with zero attached hydrogens (tertiary/aromatic N) is 1. The van der Waals surface area contributed by atoms with E-state index in [1.54, 1.807) is 6.07 Å². The van der Waals surface area contributed by atoms with E-state index >= 15 is 0 Å². The lowest BCUT2D eigenvalue weighted by Crippen LogP contribution is -2.13. The van der Waals surface area contributed by atoms with Crippen LogP contribution in [-0.4, -0.2) is 17.7 Å². The average molecular weight is 336 g/mol. The topological polar surface area (TPSA) is 57.4 Å². The molecule has 0 spiro atoms. The highest BCUT2D eigenvalue weighted by Crippen LogP contribution is 2.25. The highest BCUT2D eigenvalue weighted by molar-refractivity contribution is 5.85. The van der Waals surface area contributed by atoms with Crippen molar-refractivity contribution in [3.05, 3.63) is 60.2 Å². The van der Waals surface area contributed by atoms with Gasteiger partial charge in [-0.3, -0.25) is 0 Å². The Balaban J connectivity index is 1.51. The van der Waals surface area contributed by atoms with Crippen LogP contribution in [0.2, 0.25) is 0 Å². The van der Waals surface area contributed by atoms with Crippen LogP contribution in [0.4, 0.5) is 5.82 Å². The summed E-state index contributed by atoms with van der Waals surface area (Å²) in [7, 11) is 0. The largest absolute Gasteiger partial charge is 0.491 e. The van der Waals surface area contributed by atoms with Crippen LogP contribution in [0.1, 0.15) is 25.3 Å². The summed E-state index contributed by atoms with van der Waals surface area (Å²) < 4.78 is 11.9. The summed E-state index contributed by atoms with van der Waals surface area (Å²) in [5.41, 5.74) is 7.80. The third-order valence-electron chi connectivity index (χ3n) is 4.04. The second kappa shape index (κ2) is 7.88. The summed E-state index contributed by atoms with van der Waals surface area (Å²) in [5.74, 6) is 2.20. The zero-order chi connectivity index (χ0) is 17.6. The first-order valence-corrected chi connectivity index (χ1v) is 8.63. The molecule has 0 aliphatic carbocycles. The van der Waals surface area contributed by atoms with Crippen molar-refractivity contribution < 1.29 is 9.47 Å². The number of hydrogen-bond donors (Lipinski definition) is 1. The molecule has 0 amide bonds. The molecule has 2 aromatic carbocycles. The van der Waals surface area contributed by atoms with Crippen molar-refractivity contribution in [2.75, 3.05) is 12.3 Å². The van der Waals surface area contributed by atoms with E-state index in [0.717, 1.165) is 35.2 Å². The zero-order valence-electron chi connectivity index (χ0n) is 14.7. The molecular formula is C21H24N2O2. The van der Waals surface area contributed by atoms with Gasteiger partial charge in [-0.05, 0) is 62.6 Å². The van der Waals surface area contributed by atoms with E-state index < -0.39 is 0 Å². The van der Waals surface area contributed by atoms with Gasteiger partial charge in [-0.2, -0.15) is 0 Å². The summed E-state index contributed by atoms with van der Waals surface area (Å²) in [6.07, 6.45) is 1.98. The molecule has 1 unspecified atom stereocenters. The third kappa shape index (κ3) is 4.63. The number of hydrogen-bond acceptors (Lipinski definition) is 4. The number of nitrogen functional groups attached to an aromatic ring is 1. The Morgan fingerprint density at radius 2 is 1.92 bits per heavy atom. The smallest absolute Gasteiger partial charge is 0.145 e. The van der Waals surface area contributed by atoms with Gasteiger partial charge in [0.2, 0.25) is 0 Å². The maximum atomic E-state index is 5.95. The fraction of sp³-hybridized carbons (Fsp3) is 0.286. The molecule has 130 valence electrons. The van der Waals surface area contributed by atoms with Gasteiger partial charge in [-0.1, -0.05) is 24.3 Å². The number of aryl methyl sites for hydroxylation is 1. The molecule has 25 heavy (non-hydrogen) atoms. The molecule has 0 saturated heterocycles. The monoisotopic (exact) mass is 336 g/mol. The predicted octanol–water partition coefficient (Wildman–Crippen LogP) is 4.75. The standard InChI is InChI=1S/C21H24N2O2/c1-15-6-3-9-18(14-15)25-16(2)7-5-13-24-19-10-4-8-17-11-12-20(22)23-21(17)19/h3-4,6,8-12,14,16H,5,7,13H2,1-2H3,(H2,22,23). The van der Waals surface area contributed by atoms with E-state index in [9.17, 15) is 0 Å². The molecule has 2 N–H and O–H groups in total. The molecule has 4 heteroatoms. The molecule has 1 atom stereocenters. The molecule has 1 heterocycles. The van der Waals surface area contributed by atoms with Crippen LogP contribution in [0.15, 0.2) is 54.6 Å². The highest BCUT2D eigenvalue weighted by Gasteiger charge is 2.07. The van der Waals surface area contributed by atoms with Crippen molar-refractivity contribution in [1.82, 2.24) is 4.98 Å². The Morgan fingerprint density at radius 1 is 1.08 bits per heavy atom. The van der Waals surface area contributed by atoms with Gasteiger partial charge in [-0.15, -0.1) is 0 Å². The number of para-hydroxylation sites is 1. The maximum absolute atomic E-state index is 5.95. The van der Waals surface area contributed by atoms with Crippen molar-refractivity contribution in [3.63, 3.8) is 0 Å². The maximum Gasteiger partial charge on any atom is 0.145 e. The average Bonchev–Trinajstić information content (AvgIpc) is 2.59. The first kappa shape index (κ1) is 17.1. The van der Waals surface area contributed by atoms with Gasteiger partial charge in [0.25, 0.3) is 0 Å². The van der Waals surface area contributed by atoms with Crippen molar-refractivity contribution >= 4 is 16.7 Å². The Hall–Kier alpha value is -2.75. The highest BCUT2D eigenvalue weighted by atomic mass is 16.5. The number of nitrogens with two attached hydrogens (primary N) is 1. The van der Waals surface area contributed by atoms with Gasteiger partial charge < -0.3 is 15.2 Å². The molecule has 0 fully saturated rings. The number of benzene rings is 2. The normalized spacial score (nSPS) is 12.1. The van der Waals surface area contributed by atoms with E-state index in [1.165, 1.54) is 5.56 Å². The van der Waals surface area contributed by atoms with Crippen molar-refractivity contribution in [2.45, 2.75) is 32.8 Å². The van der Waals surface area contributed by atoms with Gasteiger partial charge >= 0.3 is 0 Å². The molecule has 0 radical (unpaired) electrons. The van der Waals surface area contributed by atoms with E-state index in [-0.39, 0.29) is 6.10 Å². The lowest BCUT2D eigenvalue weighted by molar-refractivity contribution is 0.194. The summed E-state index contributed by atoms with van der Waals surface area (Å²) >= 11 is 0. The Kier molecular flexibility index (Phi) is 5.39. The van der Waals surface area contributed by atoms with E-state index in [0.29, 0.717) is 12.4 Å². The summed E-state index contributed by atoms with van der Waals surface area (Å²) in [6, 6.07) is 17.8. The van der Waals surface area contributed by atoms with Crippen LogP contribution in [0.5, 0.6) is 11.5 Å². The molecule has 0 aliphatic heterocycles. The molecule has 0 saturated carbocycles. The zero-order valence-corrected chi connectivity index (χ0v) is 14.7. The molecular weight excluding hydrogens is 312 g/mol. The van der Waals surface area contributed by atoms with Crippen molar-refractivity contribution in [2.24, 2.45) is 0 Å². The van der Waals surface area contributed by atoms with Gasteiger partial charge in [-0.25, -0.2) is 4.98 Å². The van der Waals surface area contributed by atoms with Crippen molar-refractivity contribution in [1.29, 1.82) is 0 Å². The van der Waals surface area contributed by atoms with Crippen LogP contribution in [0.3, 0.4) is 0 Å². The fourth-order valence-corrected chi connectivity index (χ4v) is 2.78. The lowest BCUT2D eigenvalue weighted by atomic mass is 10.2. The van der Waals surface area contributed by atoms with Gasteiger partial charge in [0.1, 0.15) is 22.8 Å². The molecule has 3 aromatic rings. The van der Waals surface area contributed by atoms with Crippen LogP contribution in [0.25, 0.3) is 10.9 Å². The number of fused-ring (bicyclic) bond motifs is 1. The van der Waals surface area contributed by atoms with E-state index in [1.807, 2.05) is 36.4 Å². The molecule has 0 aliphatic rings. The van der Waals surface area contributed by atoms with Crippen LogP contribution in [0, 0.1) is 6.92 Å². The second-order valence-electron chi connectivity index (χ2n) is 6.30. The molecule has 3 rings (SSSR count). The third-order valence-corrected chi connectivity index (χ3v) is 4.04. The number of anilines is 1. The van der Waals surface area contributed by atoms with Crippen LogP contribution in [-0.2, 0) is 0 Å². The molecule has 1 aromatic heterocycles. The van der Waals surface area contributed by atoms with Gasteiger partial charge in [0.05, 0.1) is 12.7 Å². The van der Waals surface area contributed by atoms with Gasteiger partial charge in [0, 0.05) is 5.39 Å². The minimum absolute atomic E-state index is 0.145. The number of ether oxygens (including phenoxy) is 2. The SMILES string of the molecule is Cc1cccc(OC(C)CCCOc2cccc3ccc(N)nc23)c1. The van der Waals surface area contributed by atoms with Crippen LogP contribution < -0.4 is 15.2 Å².